The molecule has 0 spiro atoms. The molecule has 8 nitrogen and oxygen atoms in total. The summed E-state index contributed by atoms with van der Waals surface area (Å²) in [6.07, 6.45) is 0. The second kappa shape index (κ2) is 11.4. The highest BCUT2D eigenvalue weighted by atomic mass is 35.5. The molecule has 0 atom stereocenters. The van der Waals surface area contributed by atoms with Crippen molar-refractivity contribution in [1.29, 1.82) is 0 Å². The molecule has 0 aliphatic rings. The molecular formula is C24H22ClN3O5S. The van der Waals surface area contributed by atoms with Gasteiger partial charge in [0.1, 0.15) is 0 Å². The summed E-state index contributed by atoms with van der Waals surface area (Å²) in [5, 5.41) is 8.83. The number of thiocarbonyl (C=S) groups is 1. The second-order valence-corrected chi connectivity index (χ2v) is 7.71. The van der Waals surface area contributed by atoms with Crippen LogP contribution in [0, 0.1) is 0 Å². The molecule has 0 saturated carbocycles. The van der Waals surface area contributed by atoms with Gasteiger partial charge in [-0.1, -0.05) is 23.7 Å². The number of carbonyl (C=O) groups is 2. The van der Waals surface area contributed by atoms with E-state index in [4.69, 9.17) is 38.0 Å². The minimum Gasteiger partial charge on any atom is -0.493 e. The number of anilines is 2. The Kier molecular flexibility index (Phi) is 8.29. The van der Waals surface area contributed by atoms with E-state index in [0.717, 1.165) is 0 Å². The molecule has 10 heteroatoms. The molecule has 3 N–H and O–H groups in total. The van der Waals surface area contributed by atoms with Gasteiger partial charge in [-0.05, 0) is 60.7 Å². The summed E-state index contributed by atoms with van der Waals surface area (Å²) in [5.74, 6) is 0.244. The molecule has 3 aromatic carbocycles. The SMILES string of the molecule is COc1cc(C(=O)NC(=S)Nc2cccc(C(=O)Nc3cccc(Cl)c3)c2)cc(OC)c1OC. The van der Waals surface area contributed by atoms with Crippen molar-refractivity contribution in [1.82, 2.24) is 5.32 Å². The first kappa shape index (κ1) is 24.8. The standard InChI is InChI=1S/C24H22ClN3O5S/c1-31-19-11-15(12-20(32-2)21(19)33-3)23(30)28-24(34)27-17-8-4-6-14(10-17)22(29)26-18-9-5-7-16(25)13-18/h4-13H,1-3H3,(H,26,29)(H2,27,28,30,34). The van der Waals surface area contributed by atoms with E-state index in [9.17, 15) is 9.59 Å². The van der Waals surface area contributed by atoms with Crippen LogP contribution in [-0.2, 0) is 0 Å². The predicted octanol–water partition coefficient (Wildman–Crippen LogP) is 4.74. The normalized spacial score (nSPS) is 10.1. The molecule has 2 amide bonds. The van der Waals surface area contributed by atoms with Crippen LogP contribution in [0.4, 0.5) is 11.4 Å². The average molecular weight is 500 g/mol. The predicted molar refractivity (Wildman–Crippen MR) is 136 cm³/mol. The number of ether oxygens (including phenoxy) is 3. The molecule has 176 valence electrons. The lowest BCUT2D eigenvalue weighted by atomic mass is 10.1. The monoisotopic (exact) mass is 499 g/mol. The van der Waals surface area contributed by atoms with Crippen molar-refractivity contribution in [2.75, 3.05) is 32.0 Å². The van der Waals surface area contributed by atoms with Gasteiger partial charge in [0.15, 0.2) is 16.6 Å². The third kappa shape index (κ3) is 6.15. The molecule has 0 saturated heterocycles. The van der Waals surface area contributed by atoms with E-state index in [0.29, 0.717) is 39.2 Å². The van der Waals surface area contributed by atoms with Gasteiger partial charge in [0.25, 0.3) is 11.8 Å². The molecule has 3 rings (SSSR count). The molecule has 0 heterocycles. The Morgan fingerprint density at radius 1 is 0.765 bits per heavy atom. The molecule has 3 aromatic rings. The Morgan fingerprint density at radius 3 is 1.97 bits per heavy atom. The van der Waals surface area contributed by atoms with Crippen LogP contribution in [0.15, 0.2) is 60.7 Å². The van der Waals surface area contributed by atoms with Crippen molar-refractivity contribution in [3.63, 3.8) is 0 Å². The van der Waals surface area contributed by atoms with Crippen LogP contribution in [0.3, 0.4) is 0 Å². The van der Waals surface area contributed by atoms with Crippen LogP contribution >= 0.6 is 23.8 Å². The summed E-state index contributed by atoms with van der Waals surface area (Å²) >= 11 is 11.2. The van der Waals surface area contributed by atoms with Crippen LogP contribution < -0.4 is 30.2 Å². The van der Waals surface area contributed by atoms with Crippen molar-refractivity contribution < 1.29 is 23.8 Å². The number of carbonyl (C=O) groups excluding carboxylic acids is 2. The van der Waals surface area contributed by atoms with Gasteiger partial charge in [0, 0.05) is 27.5 Å². The first-order valence-corrected chi connectivity index (χ1v) is 10.7. The van der Waals surface area contributed by atoms with Crippen molar-refractivity contribution in [2.45, 2.75) is 0 Å². The zero-order valence-electron chi connectivity index (χ0n) is 18.6. The summed E-state index contributed by atoms with van der Waals surface area (Å²) in [5.41, 5.74) is 1.75. The first-order valence-electron chi connectivity index (χ1n) is 9.94. The maximum Gasteiger partial charge on any atom is 0.257 e. The molecule has 0 bridgehead atoms. The fourth-order valence-electron chi connectivity index (χ4n) is 3.06. The highest BCUT2D eigenvalue weighted by molar-refractivity contribution is 7.80. The minimum absolute atomic E-state index is 0.0474. The fourth-order valence-corrected chi connectivity index (χ4v) is 3.46. The Balaban J connectivity index is 1.68. The van der Waals surface area contributed by atoms with Crippen LogP contribution in [0.2, 0.25) is 5.02 Å². The van der Waals surface area contributed by atoms with Gasteiger partial charge in [-0.25, -0.2) is 0 Å². The van der Waals surface area contributed by atoms with E-state index in [2.05, 4.69) is 16.0 Å². The largest absolute Gasteiger partial charge is 0.493 e. The van der Waals surface area contributed by atoms with Crippen LogP contribution in [0.25, 0.3) is 0 Å². The third-order valence-corrected chi connectivity index (χ3v) is 5.06. The van der Waals surface area contributed by atoms with Crippen LogP contribution in [0.1, 0.15) is 20.7 Å². The van der Waals surface area contributed by atoms with E-state index in [1.165, 1.54) is 33.5 Å². The molecule has 34 heavy (non-hydrogen) atoms. The zero-order chi connectivity index (χ0) is 24.7. The number of benzene rings is 3. The fraction of sp³-hybridized carbons (Fsp3) is 0.125. The van der Waals surface area contributed by atoms with Gasteiger partial charge in [0.05, 0.1) is 21.3 Å². The topological polar surface area (TPSA) is 97.9 Å². The third-order valence-electron chi connectivity index (χ3n) is 4.62. The molecule has 0 unspecified atom stereocenters. The van der Waals surface area contributed by atoms with E-state index >= 15 is 0 Å². The highest BCUT2D eigenvalue weighted by Gasteiger charge is 2.18. The van der Waals surface area contributed by atoms with Crippen molar-refractivity contribution in [3.05, 3.63) is 76.8 Å². The summed E-state index contributed by atoms with van der Waals surface area (Å²) in [7, 11) is 4.39. The van der Waals surface area contributed by atoms with E-state index in [1.54, 1.807) is 48.5 Å². The van der Waals surface area contributed by atoms with Crippen molar-refractivity contribution >= 4 is 52.1 Å². The van der Waals surface area contributed by atoms with Gasteiger partial charge < -0.3 is 24.8 Å². The van der Waals surface area contributed by atoms with E-state index in [-0.39, 0.29) is 16.6 Å². The lowest BCUT2D eigenvalue weighted by molar-refractivity contribution is 0.0975. The molecule has 0 fully saturated rings. The average Bonchev–Trinajstić information content (AvgIpc) is 2.83. The van der Waals surface area contributed by atoms with Crippen molar-refractivity contribution in [3.8, 4) is 17.2 Å². The molecular weight excluding hydrogens is 478 g/mol. The van der Waals surface area contributed by atoms with Gasteiger partial charge in [0.2, 0.25) is 5.75 Å². The summed E-state index contributed by atoms with van der Waals surface area (Å²) < 4.78 is 15.8. The van der Waals surface area contributed by atoms with Crippen LogP contribution in [-0.4, -0.2) is 38.3 Å². The van der Waals surface area contributed by atoms with E-state index < -0.39 is 5.91 Å². The lowest BCUT2D eigenvalue weighted by Gasteiger charge is -2.15. The van der Waals surface area contributed by atoms with Gasteiger partial charge in [-0.3, -0.25) is 14.9 Å². The highest BCUT2D eigenvalue weighted by Crippen LogP contribution is 2.38. The summed E-state index contributed by atoms with van der Waals surface area (Å²) in [6, 6.07) is 16.5. The quantitative estimate of drug-likeness (QED) is 0.404. The number of amides is 2. The van der Waals surface area contributed by atoms with E-state index in [1.807, 2.05) is 0 Å². The zero-order valence-corrected chi connectivity index (χ0v) is 20.2. The number of nitrogens with one attached hydrogen (secondary N) is 3. The number of rotatable bonds is 7. The smallest absolute Gasteiger partial charge is 0.257 e. The lowest BCUT2D eigenvalue weighted by Crippen LogP contribution is -2.34. The molecule has 0 aliphatic carbocycles. The maximum absolute atomic E-state index is 12.7. The Morgan fingerprint density at radius 2 is 1.38 bits per heavy atom. The first-order chi connectivity index (χ1) is 16.3. The maximum atomic E-state index is 12.7. The second-order valence-electron chi connectivity index (χ2n) is 6.87. The number of hydrogen-bond donors (Lipinski definition) is 3. The van der Waals surface area contributed by atoms with Crippen LogP contribution in [0.5, 0.6) is 17.2 Å². The summed E-state index contributed by atoms with van der Waals surface area (Å²) in [6.45, 7) is 0. The Labute approximate surface area is 207 Å². The number of hydrogen-bond acceptors (Lipinski definition) is 6. The number of methoxy groups -OCH3 is 3. The number of halogens is 1. The molecule has 0 radical (unpaired) electrons. The van der Waals surface area contributed by atoms with Gasteiger partial charge in [-0.15, -0.1) is 0 Å². The Hall–Kier alpha value is -3.82. The Bertz CT molecular complexity index is 1210. The molecule has 0 aromatic heterocycles. The summed E-state index contributed by atoms with van der Waals surface area (Å²) in [4.78, 5) is 25.3. The van der Waals surface area contributed by atoms with Gasteiger partial charge >= 0.3 is 0 Å². The van der Waals surface area contributed by atoms with Crippen molar-refractivity contribution in [2.24, 2.45) is 0 Å². The van der Waals surface area contributed by atoms with Gasteiger partial charge in [-0.2, -0.15) is 0 Å². The minimum atomic E-state index is -0.480. The molecule has 0 aliphatic heterocycles.